The van der Waals surface area contributed by atoms with Gasteiger partial charge in [0.05, 0.1) is 6.61 Å². The fraction of sp³-hybridized carbons (Fsp3) is 1.00. The van der Waals surface area contributed by atoms with Crippen molar-refractivity contribution in [2.75, 3.05) is 32.4 Å². The topological polar surface area (TPSA) is 35.5 Å². The lowest BCUT2D eigenvalue weighted by molar-refractivity contribution is 0.262. The van der Waals surface area contributed by atoms with E-state index in [4.69, 9.17) is 5.11 Å². The highest BCUT2D eigenvalue weighted by Crippen LogP contribution is 2.41. The van der Waals surface area contributed by atoms with Gasteiger partial charge in [-0.25, -0.2) is 0 Å². The molecule has 0 saturated carbocycles. The number of β-amino-alcohol motifs (C(OH)–C–C–N with tert-alkyl or cyclic N) is 1. The highest BCUT2D eigenvalue weighted by molar-refractivity contribution is 7.53. The predicted octanol–water partition coefficient (Wildman–Crippen LogP) is 0.996. The molecule has 0 aromatic heterocycles. The molecule has 0 aromatic carbocycles. The van der Waals surface area contributed by atoms with Gasteiger partial charge in [0.25, 0.3) is 0 Å². The van der Waals surface area contributed by atoms with Crippen molar-refractivity contribution in [3.63, 3.8) is 0 Å². The quantitative estimate of drug-likeness (QED) is 0.635. The minimum absolute atomic E-state index is 0.0970. The minimum atomic E-state index is -0.0970. The van der Waals surface area contributed by atoms with Crippen LogP contribution >= 0.6 is 8.22 Å². The number of hydrogen-bond acceptors (Lipinski definition) is 3. The fourth-order valence-electron chi connectivity index (χ4n) is 1.43. The molecule has 0 spiro atoms. The van der Waals surface area contributed by atoms with Crippen LogP contribution < -0.4 is 5.09 Å². The molecule has 2 N–H and O–H groups in total. The van der Waals surface area contributed by atoms with Crippen molar-refractivity contribution in [2.24, 2.45) is 0 Å². The van der Waals surface area contributed by atoms with Crippen LogP contribution in [-0.4, -0.2) is 42.2 Å². The number of nitrogens with zero attached hydrogens (tertiary/aromatic N) is 1. The third-order valence-corrected chi connectivity index (χ3v) is 4.44. The van der Waals surface area contributed by atoms with Crippen molar-refractivity contribution in [1.82, 2.24) is 9.76 Å². The normalized spacial score (nSPS) is 25.0. The van der Waals surface area contributed by atoms with Gasteiger partial charge in [0.15, 0.2) is 0 Å². The van der Waals surface area contributed by atoms with Crippen molar-refractivity contribution >= 4 is 8.22 Å². The first-order valence-electron chi connectivity index (χ1n) is 4.75. The lowest BCUT2D eigenvalue weighted by atomic mass is 10.5. The zero-order chi connectivity index (χ0) is 8.81. The molecule has 1 heterocycles. The second-order valence-corrected chi connectivity index (χ2v) is 5.19. The van der Waals surface area contributed by atoms with Gasteiger partial charge in [-0.1, -0.05) is 6.92 Å². The molecule has 0 amide bonds. The van der Waals surface area contributed by atoms with E-state index in [1.165, 1.54) is 25.5 Å². The van der Waals surface area contributed by atoms with Gasteiger partial charge in [-0.15, -0.1) is 0 Å². The molecule has 72 valence electrons. The molecule has 1 aliphatic heterocycles. The lowest BCUT2D eigenvalue weighted by Gasteiger charge is -2.23. The Morgan fingerprint density at radius 2 is 2.42 bits per heavy atom. The molecule has 0 aliphatic carbocycles. The zero-order valence-electron chi connectivity index (χ0n) is 7.79. The minimum Gasteiger partial charge on any atom is -0.395 e. The summed E-state index contributed by atoms with van der Waals surface area (Å²) in [5.74, 6) is 0. The predicted molar refractivity (Wildman–Crippen MR) is 53.4 cm³/mol. The number of nitrogens with one attached hydrogen (secondary N) is 1. The summed E-state index contributed by atoms with van der Waals surface area (Å²) in [4.78, 5) is 0. The van der Waals surface area contributed by atoms with Gasteiger partial charge < -0.3 is 5.11 Å². The summed E-state index contributed by atoms with van der Waals surface area (Å²) in [7, 11) is -0.0970. The molecule has 1 rings (SSSR count). The Morgan fingerprint density at radius 1 is 1.58 bits per heavy atom. The van der Waals surface area contributed by atoms with E-state index in [-0.39, 0.29) is 8.22 Å². The second-order valence-electron chi connectivity index (χ2n) is 3.06. The first-order chi connectivity index (χ1) is 5.88. The average molecular weight is 190 g/mol. The molecule has 1 saturated heterocycles. The summed E-state index contributed by atoms with van der Waals surface area (Å²) in [6, 6.07) is 0. The van der Waals surface area contributed by atoms with E-state index < -0.39 is 0 Å². The molecule has 0 radical (unpaired) electrons. The van der Waals surface area contributed by atoms with Crippen molar-refractivity contribution in [3.05, 3.63) is 0 Å². The van der Waals surface area contributed by atoms with Crippen LogP contribution in [0.2, 0.25) is 0 Å². The maximum atomic E-state index is 8.81. The maximum Gasteiger partial charge on any atom is 0.0562 e. The third-order valence-electron chi connectivity index (χ3n) is 2.03. The summed E-state index contributed by atoms with van der Waals surface area (Å²) < 4.78 is 2.39. The van der Waals surface area contributed by atoms with Crippen molar-refractivity contribution in [3.8, 4) is 0 Å². The van der Waals surface area contributed by atoms with Crippen LogP contribution in [0.4, 0.5) is 0 Å². The SMILES string of the molecule is CCCNP1CCCN1CCO. The van der Waals surface area contributed by atoms with Gasteiger partial charge in [0.2, 0.25) is 0 Å². The van der Waals surface area contributed by atoms with Crippen LogP contribution in [-0.2, 0) is 0 Å². The number of hydrogen-bond donors (Lipinski definition) is 2. The van der Waals surface area contributed by atoms with Gasteiger partial charge in [-0.2, -0.15) is 0 Å². The monoisotopic (exact) mass is 190 g/mol. The Balaban J connectivity index is 2.20. The van der Waals surface area contributed by atoms with Crippen LogP contribution in [0.5, 0.6) is 0 Å². The Kier molecular flexibility index (Phi) is 5.08. The van der Waals surface area contributed by atoms with Gasteiger partial charge in [0, 0.05) is 21.3 Å². The molecule has 12 heavy (non-hydrogen) atoms. The molecule has 0 bridgehead atoms. The Morgan fingerprint density at radius 3 is 3.08 bits per heavy atom. The summed E-state index contributed by atoms with van der Waals surface area (Å²) in [5.41, 5.74) is 0. The van der Waals surface area contributed by atoms with Crippen LogP contribution in [0.25, 0.3) is 0 Å². The van der Waals surface area contributed by atoms with E-state index >= 15 is 0 Å². The van der Waals surface area contributed by atoms with Crippen LogP contribution in [0.15, 0.2) is 0 Å². The summed E-state index contributed by atoms with van der Waals surface area (Å²) in [6.07, 6.45) is 3.80. The molecule has 4 heteroatoms. The second kappa shape index (κ2) is 5.87. The van der Waals surface area contributed by atoms with Gasteiger partial charge in [-0.3, -0.25) is 9.76 Å². The molecule has 1 fully saturated rings. The fourth-order valence-corrected chi connectivity index (χ4v) is 3.71. The zero-order valence-corrected chi connectivity index (χ0v) is 8.69. The first kappa shape index (κ1) is 10.4. The smallest absolute Gasteiger partial charge is 0.0562 e. The third kappa shape index (κ3) is 2.98. The van der Waals surface area contributed by atoms with Gasteiger partial charge in [-0.05, 0) is 25.5 Å². The average Bonchev–Trinajstić information content (AvgIpc) is 2.50. The van der Waals surface area contributed by atoms with Crippen LogP contribution in [0, 0.1) is 0 Å². The number of aliphatic hydroxyl groups excluding tert-OH is 1. The maximum absolute atomic E-state index is 8.81. The molecule has 1 unspecified atom stereocenters. The Bertz CT molecular complexity index is 124. The van der Waals surface area contributed by atoms with E-state index in [1.54, 1.807) is 0 Å². The first-order valence-corrected chi connectivity index (χ1v) is 6.23. The van der Waals surface area contributed by atoms with Crippen LogP contribution in [0.3, 0.4) is 0 Å². The molecule has 1 aliphatic rings. The van der Waals surface area contributed by atoms with Crippen molar-refractivity contribution < 1.29 is 5.11 Å². The lowest BCUT2D eigenvalue weighted by Crippen LogP contribution is -2.24. The highest BCUT2D eigenvalue weighted by atomic mass is 31.1. The van der Waals surface area contributed by atoms with Crippen molar-refractivity contribution in [1.29, 1.82) is 0 Å². The standard InChI is InChI=1S/C8H19N2OP/c1-2-4-9-12-8-3-5-10(12)6-7-11/h9,11H,2-8H2,1H3. The Labute approximate surface area is 76.0 Å². The Hall–Kier alpha value is 0.310. The van der Waals surface area contributed by atoms with E-state index in [0.29, 0.717) is 6.61 Å². The number of aliphatic hydroxyl groups is 1. The van der Waals surface area contributed by atoms with Crippen LogP contribution in [0.1, 0.15) is 19.8 Å². The molecule has 1 atom stereocenters. The number of rotatable bonds is 5. The summed E-state index contributed by atoms with van der Waals surface area (Å²) in [5, 5.41) is 12.4. The van der Waals surface area contributed by atoms with E-state index in [2.05, 4.69) is 16.7 Å². The van der Waals surface area contributed by atoms with Gasteiger partial charge in [0.1, 0.15) is 0 Å². The summed E-state index contributed by atoms with van der Waals surface area (Å²) in [6.45, 7) is 5.63. The largest absolute Gasteiger partial charge is 0.395 e. The van der Waals surface area contributed by atoms with E-state index in [1.807, 2.05) is 0 Å². The molecular weight excluding hydrogens is 171 g/mol. The highest BCUT2D eigenvalue weighted by Gasteiger charge is 2.22. The van der Waals surface area contributed by atoms with E-state index in [0.717, 1.165) is 13.1 Å². The molecule has 0 aromatic rings. The molecule has 3 nitrogen and oxygen atoms in total. The van der Waals surface area contributed by atoms with E-state index in [9.17, 15) is 0 Å². The summed E-state index contributed by atoms with van der Waals surface area (Å²) >= 11 is 0. The molecular formula is C8H19N2OP. The van der Waals surface area contributed by atoms with Crippen molar-refractivity contribution in [2.45, 2.75) is 19.8 Å². The van der Waals surface area contributed by atoms with Gasteiger partial charge >= 0.3 is 0 Å².